The Morgan fingerprint density at radius 1 is 1.21 bits per heavy atom. The maximum atomic E-state index is 14.9. The number of aryl methyl sites for hydroxylation is 1. The van der Waals surface area contributed by atoms with Crippen LogP contribution in [0.5, 0.6) is 5.75 Å². The van der Waals surface area contributed by atoms with E-state index in [1.54, 1.807) is 46.7 Å². The molecular formula is C29H25F4N5O2S2. The summed E-state index contributed by atoms with van der Waals surface area (Å²) in [6.45, 7) is 1.51. The van der Waals surface area contributed by atoms with E-state index < -0.39 is 22.5 Å². The first kappa shape index (κ1) is 27.4. The Bertz CT molecular complexity index is 1720. The molecule has 2 aromatic heterocycles. The van der Waals surface area contributed by atoms with E-state index in [1.165, 1.54) is 17.8 Å². The number of carbonyl (C=O) groups excluding carboxylic acids is 1. The molecule has 1 saturated heterocycles. The number of amides is 1. The molecular weight excluding hydrogens is 590 g/mol. The van der Waals surface area contributed by atoms with E-state index >= 15 is 0 Å². The highest BCUT2D eigenvalue weighted by Crippen LogP contribution is 2.64. The lowest BCUT2D eigenvalue weighted by Gasteiger charge is -2.33. The van der Waals surface area contributed by atoms with Gasteiger partial charge in [-0.25, -0.2) is 13.9 Å². The van der Waals surface area contributed by atoms with Crippen molar-refractivity contribution in [1.82, 2.24) is 19.9 Å². The molecule has 4 heterocycles. The number of halogens is 4. The number of nitrogens with zero attached hydrogens (tertiary/aromatic N) is 3. The highest BCUT2D eigenvalue weighted by atomic mass is 32.2. The van der Waals surface area contributed by atoms with Gasteiger partial charge in [0.15, 0.2) is 22.6 Å². The molecule has 1 aliphatic carbocycles. The Balaban J connectivity index is 1.35. The average Bonchev–Trinajstić information content (AvgIpc) is 3.53. The van der Waals surface area contributed by atoms with Crippen LogP contribution in [0.2, 0.25) is 0 Å². The van der Waals surface area contributed by atoms with Crippen LogP contribution in [0.4, 0.5) is 23.2 Å². The summed E-state index contributed by atoms with van der Waals surface area (Å²) in [7, 11) is 0. The molecule has 1 saturated carbocycles. The van der Waals surface area contributed by atoms with Crippen molar-refractivity contribution in [2.24, 2.45) is 0 Å². The van der Waals surface area contributed by atoms with Crippen molar-refractivity contribution in [2.45, 2.75) is 47.9 Å². The van der Waals surface area contributed by atoms with Crippen LogP contribution in [0.1, 0.15) is 46.4 Å². The van der Waals surface area contributed by atoms with Gasteiger partial charge in [0, 0.05) is 35.0 Å². The Labute approximate surface area is 246 Å². The number of benzene rings is 2. The third kappa shape index (κ3) is 4.85. The predicted molar refractivity (Wildman–Crippen MR) is 154 cm³/mol. The lowest BCUT2D eigenvalue weighted by molar-refractivity contribution is -0.131. The number of carbonyl (C=O) groups is 1. The molecule has 2 aliphatic heterocycles. The van der Waals surface area contributed by atoms with E-state index in [4.69, 9.17) is 9.84 Å². The number of fused-ring (bicyclic) bond motifs is 5. The highest BCUT2D eigenvalue weighted by molar-refractivity contribution is 8.21. The fourth-order valence-corrected chi connectivity index (χ4v) is 8.59. The van der Waals surface area contributed by atoms with E-state index in [2.05, 4.69) is 15.6 Å². The maximum absolute atomic E-state index is 14.9. The van der Waals surface area contributed by atoms with E-state index in [1.807, 2.05) is 19.1 Å². The molecule has 2 unspecified atom stereocenters. The minimum Gasteiger partial charge on any atom is -0.475 e. The second kappa shape index (κ2) is 10.1. The summed E-state index contributed by atoms with van der Waals surface area (Å²) < 4.78 is 60.6. The second-order valence-corrected chi connectivity index (χ2v) is 13.5. The first-order valence-electron chi connectivity index (χ1n) is 13.5. The zero-order chi connectivity index (χ0) is 29.2. The quantitative estimate of drug-likeness (QED) is 0.230. The number of anilines is 1. The van der Waals surface area contributed by atoms with Gasteiger partial charge in [-0.1, -0.05) is 30.0 Å². The van der Waals surface area contributed by atoms with Crippen molar-refractivity contribution >= 4 is 40.8 Å². The zero-order valence-electron chi connectivity index (χ0n) is 22.3. The van der Waals surface area contributed by atoms with Crippen LogP contribution in [-0.2, 0) is 4.08 Å². The number of alkyl halides is 3. The topological polar surface area (TPSA) is 80.6 Å². The smallest absolute Gasteiger partial charge is 0.390 e. The molecule has 7 rings (SSSR count). The summed E-state index contributed by atoms with van der Waals surface area (Å²) in [6.07, 6.45) is -1.76. The van der Waals surface area contributed by atoms with Crippen LogP contribution in [0.3, 0.4) is 0 Å². The first-order valence-corrected chi connectivity index (χ1v) is 15.4. The number of imidazole rings is 1. The number of aromatic nitrogens is 3. The standard InChI is InChI=1S/C29H25F4N5O2S2/c1-15-11-16(5-8-18(15)27(39)36-17-6-7-17)22-13-35-26-21(34-10-9-28(31,32)33)12-23(37-38(22)26)29-19-3-2-4-20(30)25(19)40-24(42-29)14-41-29/h2-5,8,11-13,17,24,34H,6-7,9-10,14H2,1H3,(H,36,39). The molecule has 2 fully saturated rings. The van der Waals surface area contributed by atoms with Crippen LogP contribution < -0.4 is 15.4 Å². The van der Waals surface area contributed by atoms with Gasteiger partial charge in [0.25, 0.3) is 5.91 Å². The Morgan fingerprint density at radius 2 is 2.05 bits per heavy atom. The van der Waals surface area contributed by atoms with Crippen LogP contribution >= 0.6 is 23.5 Å². The molecule has 2 atom stereocenters. The van der Waals surface area contributed by atoms with Crippen molar-refractivity contribution in [1.29, 1.82) is 0 Å². The molecule has 2 aromatic carbocycles. The zero-order valence-corrected chi connectivity index (χ0v) is 23.9. The fraction of sp³-hybridized carbons (Fsp3) is 0.345. The molecule has 42 heavy (non-hydrogen) atoms. The minimum absolute atomic E-state index is 0.120. The van der Waals surface area contributed by atoms with E-state index in [0.29, 0.717) is 39.6 Å². The Kier molecular flexibility index (Phi) is 6.57. The summed E-state index contributed by atoms with van der Waals surface area (Å²) in [5, 5.41) is 10.9. The van der Waals surface area contributed by atoms with E-state index in [0.717, 1.165) is 24.0 Å². The third-order valence-corrected chi connectivity index (χ3v) is 10.9. The molecule has 7 nitrogen and oxygen atoms in total. The Morgan fingerprint density at radius 3 is 2.81 bits per heavy atom. The molecule has 2 N–H and O–H groups in total. The second-order valence-electron chi connectivity index (χ2n) is 10.6. The van der Waals surface area contributed by atoms with Gasteiger partial charge in [-0.15, -0.1) is 11.8 Å². The van der Waals surface area contributed by atoms with Gasteiger partial charge >= 0.3 is 6.18 Å². The van der Waals surface area contributed by atoms with Crippen molar-refractivity contribution in [2.75, 3.05) is 17.6 Å². The summed E-state index contributed by atoms with van der Waals surface area (Å²) >= 11 is 3.05. The average molecular weight is 616 g/mol. The number of ether oxygens (including phenoxy) is 1. The predicted octanol–water partition coefficient (Wildman–Crippen LogP) is 6.50. The van der Waals surface area contributed by atoms with E-state index in [9.17, 15) is 22.4 Å². The van der Waals surface area contributed by atoms with Gasteiger partial charge in [-0.3, -0.25) is 4.79 Å². The SMILES string of the molecule is Cc1cc(-c2cnc3c(NCCC(F)(F)F)cc(C45SCC(Oc6c(F)cccc64)S5)nn23)ccc1C(=O)NC1CC1. The molecule has 0 radical (unpaired) electrons. The van der Waals surface area contributed by atoms with Crippen LogP contribution in [0.15, 0.2) is 48.7 Å². The van der Waals surface area contributed by atoms with Crippen molar-refractivity contribution in [3.8, 4) is 17.0 Å². The van der Waals surface area contributed by atoms with Crippen molar-refractivity contribution in [3.63, 3.8) is 0 Å². The molecule has 3 aliphatic rings. The van der Waals surface area contributed by atoms with Crippen molar-refractivity contribution in [3.05, 3.63) is 76.9 Å². The first-order chi connectivity index (χ1) is 20.1. The normalized spacial score (nSPS) is 21.2. The lowest BCUT2D eigenvalue weighted by atomic mass is 10.0. The van der Waals surface area contributed by atoms with Gasteiger partial charge in [0.2, 0.25) is 0 Å². The number of para-hydroxylation sites is 1. The summed E-state index contributed by atoms with van der Waals surface area (Å²) in [5.41, 5.74) is 4.29. The minimum atomic E-state index is -4.33. The summed E-state index contributed by atoms with van der Waals surface area (Å²) in [5.74, 6) is 0.154. The third-order valence-electron chi connectivity index (χ3n) is 7.50. The van der Waals surface area contributed by atoms with Gasteiger partial charge in [-0.05, 0) is 49.6 Å². The lowest BCUT2D eigenvalue weighted by Crippen LogP contribution is -2.27. The number of hydrogen-bond acceptors (Lipinski definition) is 7. The largest absolute Gasteiger partial charge is 0.475 e. The highest BCUT2D eigenvalue weighted by Gasteiger charge is 2.52. The van der Waals surface area contributed by atoms with Gasteiger partial charge in [0.1, 0.15) is 4.08 Å². The summed E-state index contributed by atoms with van der Waals surface area (Å²) in [4.78, 5) is 17.2. The number of thioether (sulfide) groups is 2. The number of nitrogens with one attached hydrogen (secondary N) is 2. The molecule has 0 spiro atoms. The molecule has 1 amide bonds. The maximum Gasteiger partial charge on any atom is 0.390 e. The monoisotopic (exact) mass is 615 g/mol. The van der Waals surface area contributed by atoms with Crippen LogP contribution in [-0.4, -0.2) is 50.5 Å². The molecule has 4 aromatic rings. The van der Waals surface area contributed by atoms with Gasteiger partial charge in [0.05, 0.1) is 29.7 Å². The van der Waals surface area contributed by atoms with Crippen LogP contribution in [0, 0.1) is 12.7 Å². The number of rotatable bonds is 7. The Hall–Kier alpha value is -3.45. The molecule has 13 heteroatoms. The van der Waals surface area contributed by atoms with Crippen LogP contribution in [0.25, 0.3) is 16.9 Å². The molecule has 2 bridgehead atoms. The molecule has 218 valence electrons. The van der Waals surface area contributed by atoms with E-state index in [-0.39, 0.29) is 29.7 Å². The van der Waals surface area contributed by atoms with Crippen molar-refractivity contribution < 1.29 is 27.1 Å². The van der Waals surface area contributed by atoms with Gasteiger partial charge < -0.3 is 15.4 Å². The fourth-order valence-electron chi connectivity index (χ4n) is 5.29. The van der Waals surface area contributed by atoms with Gasteiger partial charge in [-0.2, -0.15) is 18.3 Å². The summed E-state index contributed by atoms with van der Waals surface area (Å²) in [6, 6.07) is 12.2. The number of hydrogen-bond donors (Lipinski definition) is 2.